The quantitative estimate of drug-likeness (QED) is 0.607. The molecule has 0 saturated carbocycles. The maximum atomic E-state index is 10.8. The lowest BCUT2D eigenvalue weighted by Crippen LogP contribution is -2.39. The maximum absolute atomic E-state index is 10.8. The molecule has 0 saturated heterocycles. The SMILES string of the molecule is CCCN(CC(C)(C)CN)c1cccc([N+](=O)[O-])c1. The Labute approximate surface area is 114 Å². The fraction of sp³-hybridized carbons (Fsp3) is 0.571. The Balaban J connectivity index is 2.98. The Morgan fingerprint density at radius 2 is 2.11 bits per heavy atom. The van der Waals surface area contributed by atoms with Gasteiger partial charge in [-0.05, 0) is 24.4 Å². The second-order valence-electron chi connectivity index (χ2n) is 5.57. The number of hydrogen-bond acceptors (Lipinski definition) is 4. The van der Waals surface area contributed by atoms with Gasteiger partial charge < -0.3 is 10.6 Å². The third kappa shape index (κ3) is 4.52. The third-order valence-corrected chi connectivity index (χ3v) is 3.07. The predicted molar refractivity (Wildman–Crippen MR) is 78.4 cm³/mol. The van der Waals surface area contributed by atoms with Crippen LogP contribution in [0.3, 0.4) is 0 Å². The van der Waals surface area contributed by atoms with E-state index in [1.807, 2.05) is 6.07 Å². The van der Waals surface area contributed by atoms with Crippen LogP contribution in [0, 0.1) is 15.5 Å². The highest BCUT2D eigenvalue weighted by atomic mass is 16.6. The molecular weight excluding hydrogens is 242 g/mol. The van der Waals surface area contributed by atoms with Crippen molar-refractivity contribution in [3.05, 3.63) is 34.4 Å². The lowest BCUT2D eigenvalue weighted by molar-refractivity contribution is -0.384. The lowest BCUT2D eigenvalue weighted by atomic mass is 9.92. The zero-order valence-electron chi connectivity index (χ0n) is 11.9. The number of benzene rings is 1. The first kappa shape index (κ1) is 15.4. The number of non-ortho nitro benzene ring substituents is 1. The number of hydrogen-bond donors (Lipinski definition) is 1. The zero-order valence-corrected chi connectivity index (χ0v) is 11.9. The fourth-order valence-corrected chi connectivity index (χ4v) is 1.95. The van der Waals surface area contributed by atoms with Crippen molar-refractivity contribution in [1.29, 1.82) is 0 Å². The van der Waals surface area contributed by atoms with Crippen LogP contribution in [0.5, 0.6) is 0 Å². The van der Waals surface area contributed by atoms with Crippen LogP contribution in [-0.4, -0.2) is 24.6 Å². The molecule has 0 amide bonds. The van der Waals surface area contributed by atoms with Gasteiger partial charge in [0.25, 0.3) is 5.69 Å². The van der Waals surface area contributed by atoms with E-state index in [0.717, 1.165) is 25.2 Å². The van der Waals surface area contributed by atoms with Crippen molar-refractivity contribution >= 4 is 11.4 Å². The van der Waals surface area contributed by atoms with Gasteiger partial charge >= 0.3 is 0 Å². The highest BCUT2D eigenvalue weighted by Gasteiger charge is 2.21. The maximum Gasteiger partial charge on any atom is 0.271 e. The second-order valence-corrected chi connectivity index (χ2v) is 5.57. The average molecular weight is 265 g/mol. The highest BCUT2D eigenvalue weighted by molar-refractivity contribution is 5.53. The van der Waals surface area contributed by atoms with Crippen molar-refractivity contribution in [2.45, 2.75) is 27.2 Å². The van der Waals surface area contributed by atoms with Gasteiger partial charge in [-0.25, -0.2) is 0 Å². The molecule has 0 radical (unpaired) electrons. The minimum absolute atomic E-state index is 0.0141. The summed E-state index contributed by atoms with van der Waals surface area (Å²) in [6.45, 7) is 8.55. The number of anilines is 1. The van der Waals surface area contributed by atoms with Crippen molar-refractivity contribution in [3.8, 4) is 0 Å². The molecule has 19 heavy (non-hydrogen) atoms. The van der Waals surface area contributed by atoms with Crippen molar-refractivity contribution in [1.82, 2.24) is 0 Å². The van der Waals surface area contributed by atoms with Gasteiger partial charge in [-0.1, -0.05) is 26.8 Å². The van der Waals surface area contributed by atoms with Gasteiger partial charge in [-0.15, -0.1) is 0 Å². The molecule has 5 nitrogen and oxygen atoms in total. The van der Waals surface area contributed by atoms with E-state index >= 15 is 0 Å². The molecule has 0 bridgehead atoms. The van der Waals surface area contributed by atoms with Crippen LogP contribution in [-0.2, 0) is 0 Å². The van der Waals surface area contributed by atoms with E-state index in [9.17, 15) is 10.1 Å². The second kappa shape index (κ2) is 6.52. The highest BCUT2D eigenvalue weighted by Crippen LogP contribution is 2.25. The molecule has 0 atom stereocenters. The molecule has 0 fully saturated rings. The molecule has 1 aromatic carbocycles. The molecule has 5 heteroatoms. The van der Waals surface area contributed by atoms with E-state index < -0.39 is 0 Å². The summed E-state index contributed by atoms with van der Waals surface area (Å²) in [5.41, 5.74) is 6.77. The first-order chi connectivity index (χ1) is 8.89. The molecular formula is C14H23N3O2. The van der Waals surface area contributed by atoms with Gasteiger partial charge in [0, 0.05) is 30.9 Å². The zero-order chi connectivity index (χ0) is 14.5. The molecule has 0 aliphatic rings. The molecule has 1 aromatic rings. The van der Waals surface area contributed by atoms with E-state index in [2.05, 4.69) is 25.7 Å². The summed E-state index contributed by atoms with van der Waals surface area (Å²) in [6, 6.07) is 6.78. The van der Waals surface area contributed by atoms with E-state index in [-0.39, 0.29) is 16.0 Å². The Kier molecular flexibility index (Phi) is 5.30. The third-order valence-electron chi connectivity index (χ3n) is 3.07. The Morgan fingerprint density at radius 3 is 2.63 bits per heavy atom. The molecule has 0 aliphatic heterocycles. The number of nitrogens with two attached hydrogens (primary N) is 1. The van der Waals surface area contributed by atoms with E-state index in [1.54, 1.807) is 12.1 Å². The largest absolute Gasteiger partial charge is 0.371 e. The Hall–Kier alpha value is -1.62. The normalized spacial score (nSPS) is 11.4. The molecule has 0 spiro atoms. The number of nitro benzene ring substituents is 1. The number of rotatable bonds is 7. The molecule has 0 aromatic heterocycles. The van der Waals surface area contributed by atoms with Crippen LogP contribution in [0.2, 0.25) is 0 Å². The summed E-state index contributed by atoms with van der Waals surface area (Å²) in [7, 11) is 0. The summed E-state index contributed by atoms with van der Waals surface area (Å²) in [6.07, 6.45) is 0.989. The molecule has 0 heterocycles. The Morgan fingerprint density at radius 1 is 1.42 bits per heavy atom. The van der Waals surface area contributed by atoms with Gasteiger partial charge in [-0.2, -0.15) is 0 Å². The standard InChI is InChI=1S/C14H23N3O2/c1-4-8-16(11-14(2,3)10-15)12-6-5-7-13(9-12)17(18)19/h5-7,9H,4,8,10-11,15H2,1-3H3. The topological polar surface area (TPSA) is 72.4 Å². The smallest absolute Gasteiger partial charge is 0.271 e. The average Bonchev–Trinajstić information content (AvgIpc) is 2.38. The van der Waals surface area contributed by atoms with Crippen LogP contribution < -0.4 is 10.6 Å². The van der Waals surface area contributed by atoms with Crippen LogP contribution in [0.4, 0.5) is 11.4 Å². The van der Waals surface area contributed by atoms with Crippen molar-refractivity contribution in [2.75, 3.05) is 24.5 Å². The van der Waals surface area contributed by atoms with E-state index in [0.29, 0.717) is 6.54 Å². The summed E-state index contributed by atoms with van der Waals surface area (Å²) < 4.78 is 0. The number of nitro groups is 1. The van der Waals surface area contributed by atoms with Crippen molar-refractivity contribution in [2.24, 2.45) is 11.1 Å². The van der Waals surface area contributed by atoms with Crippen LogP contribution in [0.15, 0.2) is 24.3 Å². The summed E-state index contributed by atoms with van der Waals surface area (Å²) in [5.74, 6) is 0. The summed E-state index contributed by atoms with van der Waals surface area (Å²) in [4.78, 5) is 12.6. The number of nitrogens with zero attached hydrogens (tertiary/aromatic N) is 2. The summed E-state index contributed by atoms with van der Waals surface area (Å²) in [5, 5.41) is 10.8. The molecule has 106 valence electrons. The molecule has 0 aliphatic carbocycles. The first-order valence-electron chi connectivity index (χ1n) is 6.59. The van der Waals surface area contributed by atoms with Crippen LogP contribution >= 0.6 is 0 Å². The minimum atomic E-state index is -0.359. The van der Waals surface area contributed by atoms with Gasteiger partial charge in [0.15, 0.2) is 0 Å². The Bertz CT molecular complexity index is 432. The van der Waals surface area contributed by atoms with Crippen LogP contribution in [0.1, 0.15) is 27.2 Å². The van der Waals surface area contributed by atoms with E-state index in [1.165, 1.54) is 6.07 Å². The molecule has 2 N–H and O–H groups in total. The lowest BCUT2D eigenvalue weighted by Gasteiger charge is -2.33. The fourth-order valence-electron chi connectivity index (χ4n) is 1.95. The van der Waals surface area contributed by atoms with Crippen molar-refractivity contribution in [3.63, 3.8) is 0 Å². The van der Waals surface area contributed by atoms with Gasteiger partial charge in [0.1, 0.15) is 0 Å². The van der Waals surface area contributed by atoms with Crippen molar-refractivity contribution < 1.29 is 4.92 Å². The molecule has 0 unspecified atom stereocenters. The first-order valence-corrected chi connectivity index (χ1v) is 6.59. The van der Waals surface area contributed by atoms with Gasteiger partial charge in [0.05, 0.1) is 4.92 Å². The summed E-state index contributed by atoms with van der Waals surface area (Å²) >= 11 is 0. The van der Waals surface area contributed by atoms with Gasteiger partial charge in [0.2, 0.25) is 0 Å². The minimum Gasteiger partial charge on any atom is -0.371 e. The van der Waals surface area contributed by atoms with Gasteiger partial charge in [-0.3, -0.25) is 10.1 Å². The van der Waals surface area contributed by atoms with Crippen LogP contribution in [0.25, 0.3) is 0 Å². The monoisotopic (exact) mass is 265 g/mol. The molecule has 1 rings (SSSR count). The van der Waals surface area contributed by atoms with E-state index in [4.69, 9.17) is 5.73 Å². The predicted octanol–water partition coefficient (Wildman–Crippen LogP) is 2.80.